The number of benzene rings is 1. The number of nitrogens with zero attached hydrogens (tertiary/aromatic N) is 7. The third-order valence-electron chi connectivity index (χ3n) is 4.13. The Morgan fingerprint density at radius 1 is 1.33 bits per heavy atom. The van der Waals surface area contributed by atoms with Crippen molar-refractivity contribution >= 4 is 12.4 Å². The fourth-order valence-electron chi connectivity index (χ4n) is 2.78. The summed E-state index contributed by atoms with van der Waals surface area (Å²) in [5, 5.41) is 22.0. The largest absolute Gasteiger partial charge is 0.484 e. The summed E-state index contributed by atoms with van der Waals surface area (Å²) in [6, 6.07) is 4.00. The molecule has 1 aliphatic heterocycles. The zero-order valence-electron chi connectivity index (χ0n) is 14.1. The molecule has 0 radical (unpaired) electrons. The Balaban J connectivity index is 0.00000210. The predicted molar refractivity (Wildman–Crippen MR) is 92.1 cm³/mol. The molecule has 9 nitrogen and oxygen atoms in total. The molecule has 1 aromatic carbocycles. The van der Waals surface area contributed by atoms with Gasteiger partial charge in [0.2, 0.25) is 0 Å². The zero-order chi connectivity index (χ0) is 17.9. The molecule has 27 heavy (non-hydrogen) atoms. The van der Waals surface area contributed by atoms with Gasteiger partial charge in [0.1, 0.15) is 30.8 Å². The lowest BCUT2D eigenvalue weighted by atomic mass is 10.1. The molecule has 4 rings (SSSR count). The van der Waals surface area contributed by atoms with Gasteiger partial charge in [0, 0.05) is 12.6 Å². The monoisotopic (exact) mass is 398 g/mol. The molecule has 0 amide bonds. The number of aromatic nitrogens is 7. The van der Waals surface area contributed by atoms with Crippen molar-refractivity contribution in [3.05, 3.63) is 42.2 Å². The van der Waals surface area contributed by atoms with E-state index >= 15 is 0 Å². The van der Waals surface area contributed by atoms with Crippen molar-refractivity contribution in [3.63, 3.8) is 0 Å². The predicted octanol–water partition coefficient (Wildman–Crippen LogP) is 1.27. The third kappa shape index (κ3) is 4.19. The first-order valence-electron chi connectivity index (χ1n) is 8.12. The van der Waals surface area contributed by atoms with Gasteiger partial charge in [-0.05, 0) is 35.5 Å². The van der Waals surface area contributed by atoms with E-state index in [0.29, 0.717) is 17.8 Å². The smallest absolute Gasteiger partial charge is 0.167 e. The minimum atomic E-state index is -1.04. The van der Waals surface area contributed by atoms with E-state index in [1.54, 1.807) is 6.07 Å². The van der Waals surface area contributed by atoms with Crippen molar-refractivity contribution in [3.8, 4) is 11.4 Å². The maximum absolute atomic E-state index is 14.2. The first-order chi connectivity index (χ1) is 12.7. The summed E-state index contributed by atoms with van der Waals surface area (Å²) in [6.45, 7) is 1.04. The number of halogens is 3. The van der Waals surface area contributed by atoms with Crippen LogP contribution in [0.3, 0.4) is 0 Å². The van der Waals surface area contributed by atoms with Crippen LogP contribution in [-0.4, -0.2) is 54.5 Å². The molecule has 0 unspecified atom stereocenters. The number of piperidine rings is 1. The van der Waals surface area contributed by atoms with Crippen molar-refractivity contribution in [2.45, 2.75) is 25.2 Å². The highest BCUT2D eigenvalue weighted by molar-refractivity contribution is 5.85. The van der Waals surface area contributed by atoms with Crippen LogP contribution < -0.4 is 10.1 Å². The Bertz CT molecular complexity index is 875. The Kier molecular flexibility index (Phi) is 5.91. The number of ether oxygens (including phenoxy) is 1. The Morgan fingerprint density at radius 3 is 2.96 bits per heavy atom. The van der Waals surface area contributed by atoms with E-state index in [0.717, 1.165) is 6.54 Å². The van der Waals surface area contributed by atoms with Crippen LogP contribution in [0.1, 0.15) is 18.2 Å². The van der Waals surface area contributed by atoms with E-state index in [1.807, 2.05) is 0 Å². The Hall–Kier alpha value is -2.66. The molecule has 0 bridgehead atoms. The molecular formula is C15H17ClF2N8O. The van der Waals surface area contributed by atoms with Gasteiger partial charge in [0.15, 0.2) is 11.6 Å². The molecule has 1 saturated heterocycles. The summed E-state index contributed by atoms with van der Waals surface area (Å²) in [7, 11) is 0. The SMILES string of the molecule is Cl.Fc1cc(-n2cnnn2)ccc1OCc1cnn([C@H]2CCNC[C@@H]2F)n1. The molecule has 1 N–H and O–H groups in total. The van der Waals surface area contributed by atoms with E-state index in [4.69, 9.17) is 4.74 Å². The summed E-state index contributed by atoms with van der Waals surface area (Å²) < 4.78 is 34.9. The standard InChI is InChI=1S/C15H16F2N8O.ClH/c16-12-5-11(24-9-19-22-23-24)1-2-15(12)26-8-10-6-20-25(21-10)14-3-4-18-7-13(14)17;/h1-2,5-6,9,13-14,18H,3-4,7-8H2;1H/t13-,14-;/m0./s1. The number of nitrogens with one attached hydrogen (secondary N) is 1. The van der Waals surface area contributed by atoms with Gasteiger partial charge in [-0.1, -0.05) is 0 Å². The topological polar surface area (TPSA) is 95.6 Å². The summed E-state index contributed by atoms with van der Waals surface area (Å²) >= 11 is 0. The fourth-order valence-corrected chi connectivity index (χ4v) is 2.78. The van der Waals surface area contributed by atoms with Crippen LogP contribution >= 0.6 is 12.4 Å². The lowest BCUT2D eigenvalue weighted by Gasteiger charge is -2.25. The Morgan fingerprint density at radius 2 is 2.22 bits per heavy atom. The van der Waals surface area contributed by atoms with Crippen molar-refractivity contribution in [1.82, 2.24) is 40.5 Å². The molecule has 3 heterocycles. The van der Waals surface area contributed by atoms with Crippen LogP contribution in [0.25, 0.3) is 5.69 Å². The quantitative estimate of drug-likeness (QED) is 0.691. The zero-order valence-corrected chi connectivity index (χ0v) is 14.9. The van der Waals surface area contributed by atoms with Crippen molar-refractivity contribution in [2.24, 2.45) is 0 Å². The highest BCUT2D eigenvalue weighted by atomic mass is 35.5. The molecule has 1 fully saturated rings. The normalized spacial score (nSPS) is 19.5. The summed E-state index contributed by atoms with van der Waals surface area (Å²) in [5.74, 6) is -0.478. The molecule has 3 aromatic rings. The van der Waals surface area contributed by atoms with E-state index in [9.17, 15) is 8.78 Å². The third-order valence-corrected chi connectivity index (χ3v) is 4.13. The molecule has 144 valence electrons. The minimum Gasteiger partial charge on any atom is -0.484 e. The van der Waals surface area contributed by atoms with Crippen LogP contribution in [-0.2, 0) is 6.61 Å². The number of alkyl halides is 1. The lowest BCUT2D eigenvalue weighted by Crippen LogP contribution is -2.40. The second kappa shape index (κ2) is 8.35. The summed E-state index contributed by atoms with van der Waals surface area (Å²) in [4.78, 5) is 1.38. The van der Waals surface area contributed by atoms with E-state index < -0.39 is 18.0 Å². The van der Waals surface area contributed by atoms with Gasteiger partial charge < -0.3 is 10.1 Å². The van der Waals surface area contributed by atoms with Crippen LogP contribution in [0, 0.1) is 5.82 Å². The molecule has 0 aliphatic carbocycles. The van der Waals surface area contributed by atoms with Gasteiger partial charge in [-0.3, -0.25) is 0 Å². The highest BCUT2D eigenvalue weighted by Crippen LogP contribution is 2.22. The maximum atomic E-state index is 14.2. The minimum absolute atomic E-state index is 0. The van der Waals surface area contributed by atoms with Crippen LogP contribution in [0.15, 0.2) is 30.7 Å². The first-order valence-corrected chi connectivity index (χ1v) is 8.12. The number of hydrogen-bond donors (Lipinski definition) is 1. The van der Waals surface area contributed by atoms with Crippen molar-refractivity contribution in [2.75, 3.05) is 13.1 Å². The number of rotatable bonds is 5. The molecule has 2 atom stereocenters. The molecule has 1 aliphatic rings. The van der Waals surface area contributed by atoms with E-state index in [-0.39, 0.29) is 31.3 Å². The van der Waals surface area contributed by atoms with Crippen LogP contribution in [0.4, 0.5) is 8.78 Å². The molecule has 0 spiro atoms. The second-order valence-corrected chi connectivity index (χ2v) is 5.89. The lowest BCUT2D eigenvalue weighted by molar-refractivity contribution is 0.159. The van der Waals surface area contributed by atoms with Gasteiger partial charge >= 0.3 is 0 Å². The van der Waals surface area contributed by atoms with Gasteiger partial charge in [-0.2, -0.15) is 15.0 Å². The van der Waals surface area contributed by atoms with Gasteiger partial charge in [-0.15, -0.1) is 17.5 Å². The number of tetrazole rings is 1. The molecule has 0 saturated carbocycles. The van der Waals surface area contributed by atoms with E-state index in [2.05, 4.69) is 31.0 Å². The van der Waals surface area contributed by atoms with E-state index in [1.165, 1.54) is 34.1 Å². The maximum Gasteiger partial charge on any atom is 0.167 e. The fraction of sp³-hybridized carbons (Fsp3) is 0.400. The van der Waals surface area contributed by atoms with Gasteiger partial charge in [-0.25, -0.2) is 13.5 Å². The highest BCUT2D eigenvalue weighted by Gasteiger charge is 2.27. The average Bonchev–Trinajstić information content (AvgIpc) is 3.33. The molecule has 2 aromatic heterocycles. The summed E-state index contributed by atoms with van der Waals surface area (Å²) in [5.41, 5.74) is 0.977. The first kappa shape index (κ1) is 19.1. The molecular weight excluding hydrogens is 382 g/mol. The average molecular weight is 399 g/mol. The summed E-state index contributed by atoms with van der Waals surface area (Å²) in [6.07, 6.45) is 2.44. The number of hydrogen-bond acceptors (Lipinski definition) is 7. The Labute approximate surface area is 159 Å². The second-order valence-electron chi connectivity index (χ2n) is 5.89. The van der Waals surface area contributed by atoms with Crippen molar-refractivity contribution in [1.29, 1.82) is 0 Å². The van der Waals surface area contributed by atoms with Crippen LogP contribution in [0.2, 0.25) is 0 Å². The molecule has 12 heteroatoms. The van der Waals surface area contributed by atoms with Crippen LogP contribution in [0.5, 0.6) is 5.75 Å². The van der Waals surface area contributed by atoms with Gasteiger partial charge in [0.05, 0.1) is 11.9 Å². The van der Waals surface area contributed by atoms with Crippen molar-refractivity contribution < 1.29 is 13.5 Å². The van der Waals surface area contributed by atoms with Gasteiger partial charge in [0.25, 0.3) is 0 Å².